The van der Waals surface area contributed by atoms with Crippen molar-refractivity contribution in [3.8, 4) is 0 Å². The summed E-state index contributed by atoms with van der Waals surface area (Å²) in [6, 6.07) is 0. The largest absolute Gasteiger partial charge is 0.466 e. The van der Waals surface area contributed by atoms with Crippen LogP contribution in [0.1, 0.15) is 4.88 Å². The van der Waals surface area contributed by atoms with Gasteiger partial charge < -0.3 is 4.74 Å². The van der Waals surface area contributed by atoms with Crippen molar-refractivity contribution in [3.05, 3.63) is 32.7 Å². The molecule has 1 aromatic rings. The average molecular weight is 210 g/mol. The molecule has 0 bridgehead atoms. The second-order valence-corrected chi connectivity index (χ2v) is 3.03. The Morgan fingerprint density at radius 2 is 2.64 bits per heavy atom. The van der Waals surface area contributed by atoms with Gasteiger partial charge in [0, 0.05) is 16.0 Å². The van der Waals surface area contributed by atoms with E-state index in [2.05, 4.69) is 19.7 Å². The highest BCUT2D eigenvalue weighted by molar-refractivity contribution is 7.10. The van der Waals surface area contributed by atoms with Crippen LogP contribution in [0.15, 0.2) is 22.5 Å². The summed E-state index contributed by atoms with van der Waals surface area (Å²) >= 11 is 1.33. The lowest BCUT2D eigenvalue weighted by atomic mass is 10.4. The van der Waals surface area contributed by atoms with Crippen LogP contribution < -0.4 is 0 Å². The summed E-state index contributed by atoms with van der Waals surface area (Å²) < 4.78 is 4.43. The van der Waals surface area contributed by atoms with Gasteiger partial charge in [-0.25, -0.2) is 4.79 Å². The van der Waals surface area contributed by atoms with E-state index in [0.29, 0.717) is 0 Å². The zero-order valence-corrected chi connectivity index (χ0v) is 8.06. The molecule has 0 amide bonds. The standard InChI is InChI=1S/C7H6N4O2S/c1-13-7(12)6(10-11-8)2-5-3-9-4-14-5/h2-4H,1H3/b6-2-. The fourth-order valence-electron chi connectivity index (χ4n) is 0.713. The first-order chi connectivity index (χ1) is 6.77. The van der Waals surface area contributed by atoms with Crippen LogP contribution in [0.25, 0.3) is 16.5 Å². The van der Waals surface area contributed by atoms with Crippen LogP contribution in [0.5, 0.6) is 0 Å². The Bertz CT molecular complexity index is 392. The number of aromatic nitrogens is 1. The topological polar surface area (TPSA) is 88.0 Å². The summed E-state index contributed by atoms with van der Waals surface area (Å²) in [6.07, 6.45) is 2.98. The van der Waals surface area contributed by atoms with E-state index in [-0.39, 0.29) is 5.70 Å². The van der Waals surface area contributed by atoms with Crippen molar-refractivity contribution in [1.29, 1.82) is 0 Å². The van der Waals surface area contributed by atoms with E-state index in [9.17, 15) is 4.79 Å². The average Bonchev–Trinajstić information content (AvgIpc) is 2.68. The van der Waals surface area contributed by atoms with E-state index in [1.807, 2.05) is 0 Å². The number of rotatable bonds is 3. The molecule has 0 aromatic carbocycles. The first-order valence-corrected chi connectivity index (χ1v) is 4.39. The van der Waals surface area contributed by atoms with Crippen molar-refractivity contribution in [2.45, 2.75) is 0 Å². The highest BCUT2D eigenvalue weighted by Crippen LogP contribution is 2.13. The predicted octanol–water partition coefficient (Wildman–Crippen LogP) is 1.97. The number of methoxy groups -OCH3 is 1. The smallest absolute Gasteiger partial charge is 0.340 e. The maximum Gasteiger partial charge on any atom is 0.340 e. The number of nitrogens with zero attached hydrogens (tertiary/aromatic N) is 4. The first-order valence-electron chi connectivity index (χ1n) is 3.51. The SMILES string of the molecule is COC(=O)/C(=C/c1cncs1)N=[N+]=[N-]. The molecule has 0 aliphatic heterocycles. The summed E-state index contributed by atoms with van der Waals surface area (Å²) in [5, 5.41) is 3.22. The monoisotopic (exact) mass is 210 g/mol. The van der Waals surface area contributed by atoms with E-state index in [1.165, 1.54) is 24.5 Å². The maximum absolute atomic E-state index is 11.1. The molecular formula is C7H6N4O2S. The third-order valence-electron chi connectivity index (χ3n) is 1.28. The minimum Gasteiger partial charge on any atom is -0.466 e. The number of hydrogen-bond acceptors (Lipinski definition) is 5. The molecule has 0 fully saturated rings. The predicted molar refractivity (Wildman–Crippen MR) is 51.3 cm³/mol. The summed E-state index contributed by atoms with van der Waals surface area (Å²) in [7, 11) is 1.22. The molecule has 1 rings (SSSR count). The second kappa shape index (κ2) is 5.00. The fourth-order valence-corrected chi connectivity index (χ4v) is 1.26. The molecule has 0 saturated carbocycles. The first kappa shape index (κ1) is 10.2. The molecule has 0 N–H and O–H groups in total. The third-order valence-corrected chi connectivity index (χ3v) is 2.00. The van der Waals surface area contributed by atoms with Gasteiger partial charge in [-0.1, -0.05) is 5.11 Å². The summed E-state index contributed by atoms with van der Waals surface area (Å²) in [4.78, 5) is 18.1. The molecule has 0 spiro atoms. The molecule has 0 atom stereocenters. The van der Waals surface area contributed by atoms with Crippen molar-refractivity contribution in [2.24, 2.45) is 5.11 Å². The van der Waals surface area contributed by atoms with Gasteiger partial charge in [0.25, 0.3) is 0 Å². The normalized spacial score (nSPS) is 10.5. The van der Waals surface area contributed by atoms with Gasteiger partial charge in [0.2, 0.25) is 0 Å². The quantitative estimate of drug-likeness (QED) is 0.251. The lowest BCUT2D eigenvalue weighted by molar-refractivity contribution is -0.136. The molecule has 0 unspecified atom stereocenters. The molecule has 1 heterocycles. The van der Waals surface area contributed by atoms with Crippen molar-refractivity contribution in [2.75, 3.05) is 7.11 Å². The molecule has 72 valence electrons. The third kappa shape index (κ3) is 2.58. The van der Waals surface area contributed by atoms with E-state index < -0.39 is 5.97 Å². The summed E-state index contributed by atoms with van der Waals surface area (Å²) in [5.74, 6) is -0.670. The van der Waals surface area contributed by atoms with Gasteiger partial charge in [-0.05, 0) is 11.6 Å². The Kier molecular flexibility index (Phi) is 3.66. The van der Waals surface area contributed by atoms with Crippen LogP contribution in [0, 0.1) is 0 Å². The molecule has 1 aromatic heterocycles. The van der Waals surface area contributed by atoms with Crippen molar-refractivity contribution in [3.63, 3.8) is 0 Å². The Morgan fingerprint density at radius 3 is 3.14 bits per heavy atom. The number of ether oxygens (including phenoxy) is 1. The number of esters is 1. The molecule has 0 saturated heterocycles. The summed E-state index contributed by atoms with van der Waals surface area (Å²) in [5.41, 5.74) is 9.73. The van der Waals surface area contributed by atoms with E-state index in [1.54, 1.807) is 11.7 Å². The van der Waals surface area contributed by atoms with Gasteiger partial charge >= 0.3 is 5.97 Å². The van der Waals surface area contributed by atoms with Crippen molar-refractivity contribution in [1.82, 2.24) is 4.98 Å². The molecule has 0 radical (unpaired) electrons. The van der Waals surface area contributed by atoms with E-state index in [0.717, 1.165) is 4.88 Å². The molecule has 7 heteroatoms. The molecule has 0 aliphatic rings. The molecule has 14 heavy (non-hydrogen) atoms. The highest BCUT2D eigenvalue weighted by Gasteiger charge is 2.07. The van der Waals surface area contributed by atoms with Crippen LogP contribution in [-0.4, -0.2) is 18.1 Å². The highest BCUT2D eigenvalue weighted by atomic mass is 32.1. The Balaban J connectivity index is 2.99. The number of hydrogen-bond donors (Lipinski definition) is 0. The fraction of sp³-hybridized carbons (Fsp3) is 0.143. The number of azide groups is 1. The minimum absolute atomic E-state index is 0.0840. The van der Waals surface area contributed by atoms with Crippen molar-refractivity contribution < 1.29 is 9.53 Å². The Morgan fingerprint density at radius 1 is 1.86 bits per heavy atom. The van der Waals surface area contributed by atoms with Crippen LogP contribution in [0.3, 0.4) is 0 Å². The van der Waals surface area contributed by atoms with Gasteiger partial charge in [-0.2, -0.15) is 0 Å². The maximum atomic E-state index is 11.1. The molecule has 6 nitrogen and oxygen atoms in total. The number of carbonyl (C=O) groups excluding carboxylic acids is 1. The van der Waals surface area contributed by atoms with Crippen LogP contribution in [0.4, 0.5) is 0 Å². The van der Waals surface area contributed by atoms with Gasteiger partial charge in [-0.15, -0.1) is 11.3 Å². The van der Waals surface area contributed by atoms with Gasteiger partial charge in [0.1, 0.15) is 5.70 Å². The van der Waals surface area contributed by atoms with Crippen molar-refractivity contribution >= 4 is 23.4 Å². The number of carbonyl (C=O) groups is 1. The lowest BCUT2D eigenvalue weighted by Crippen LogP contribution is -2.01. The second-order valence-electron chi connectivity index (χ2n) is 2.11. The van der Waals surface area contributed by atoms with E-state index >= 15 is 0 Å². The van der Waals surface area contributed by atoms with Gasteiger partial charge in [0.05, 0.1) is 12.6 Å². The van der Waals surface area contributed by atoms with Crippen LogP contribution >= 0.6 is 11.3 Å². The Labute approximate surface area is 83.5 Å². The summed E-state index contributed by atoms with van der Waals surface area (Å²) in [6.45, 7) is 0. The van der Waals surface area contributed by atoms with E-state index in [4.69, 9.17) is 5.53 Å². The zero-order valence-electron chi connectivity index (χ0n) is 7.25. The Hall–Kier alpha value is -1.85. The van der Waals surface area contributed by atoms with Crippen LogP contribution in [-0.2, 0) is 9.53 Å². The molecule has 0 aliphatic carbocycles. The lowest BCUT2D eigenvalue weighted by Gasteiger charge is -1.95. The number of thiazole rings is 1. The van der Waals surface area contributed by atoms with Gasteiger partial charge in [0.15, 0.2) is 0 Å². The van der Waals surface area contributed by atoms with Crippen LogP contribution in [0.2, 0.25) is 0 Å². The molecular weight excluding hydrogens is 204 g/mol. The minimum atomic E-state index is -0.670. The van der Waals surface area contributed by atoms with Gasteiger partial charge in [-0.3, -0.25) is 4.98 Å². The zero-order chi connectivity index (χ0) is 10.4.